The van der Waals surface area contributed by atoms with Crippen molar-refractivity contribution in [3.05, 3.63) is 64.7 Å². The van der Waals surface area contributed by atoms with Gasteiger partial charge in [-0.1, -0.05) is 70.2 Å². The van der Waals surface area contributed by atoms with Crippen LogP contribution < -0.4 is 0 Å². The van der Waals surface area contributed by atoms with Crippen LogP contribution in [0.1, 0.15) is 79.4 Å². The quantitative estimate of drug-likeness (QED) is 0.700. The summed E-state index contributed by atoms with van der Waals surface area (Å²) in [7, 11) is 0. The standard InChI is InChI=1S/C21H26O2/c1-5-14(3)17-12-13-18(19(21(17)23)15(4)6-2)20(22)16-10-8-7-9-11-16/h7-15,23H,5-6H2,1-4H3/t14-,15-/m0/s1. The van der Waals surface area contributed by atoms with Gasteiger partial charge < -0.3 is 5.11 Å². The molecular weight excluding hydrogens is 284 g/mol. The van der Waals surface area contributed by atoms with Crippen molar-refractivity contribution < 1.29 is 9.90 Å². The lowest BCUT2D eigenvalue weighted by Crippen LogP contribution is -2.09. The summed E-state index contributed by atoms with van der Waals surface area (Å²) in [4.78, 5) is 12.9. The lowest BCUT2D eigenvalue weighted by atomic mass is 9.84. The van der Waals surface area contributed by atoms with E-state index in [1.165, 1.54) is 0 Å². The van der Waals surface area contributed by atoms with Crippen LogP contribution in [0.5, 0.6) is 5.75 Å². The van der Waals surface area contributed by atoms with Crippen LogP contribution in [0, 0.1) is 0 Å². The summed E-state index contributed by atoms with van der Waals surface area (Å²) in [6.07, 6.45) is 1.84. The molecule has 0 radical (unpaired) electrons. The second-order valence-electron chi connectivity index (χ2n) is 6.28. The molecule has 0 bridgehead atoms. The van der Waals surface area contributed by atoms with Crippen LogP contribution in [0.3, 0.4) is 0 Å². The van der Waals surface area contributed by atoms with E-state index in [4.69, 9.17) is 0 Å². The number of benzene rings is 2. The van der Waals surface area contributed by atoms with Crippen molar-refractivity contribution in [2.45, 2.75) is 52.4 Å². The highest BCUT2D eigenvalue weighted by atomic mass is 16.3. The van der Waals surface area contributed by atoms with E-state index in [0.29, 0.717) is 16.9 Å². The third kappa shape index (κ3) is 3.47. The van der Waals surface area contributed by atoms with Gasteiger partial charge in [0, 0.05) is 16.7 Å². The predicted molar refractivity (Wildman–Crippen MR) is 95.4 cm³/mol. The van der Waals surface area contributed by atoms with Crippen LogP contribution in [-0.4, -0.2) is 10.9 Å². The number of hydrogen-bond acceptors (Lipinski definition) is 2. The van der Waals surface area contributed by atoms with E-state index in [9.17, 15) is 9.90 Å². The number of phenols is 1. The van der Waals surface area contributed by atoms with E-state index in [1.807, 2.05) is 42.5 Å². The molecule has 2 rings (SSSR count). The average Bonchev–Trinajstić information content (AvgIpc) is 2.60. The predicted octanol–water partition coefficient (Wildman–Crippen LogP) is 5.65. The minimum Gasteiger partial charge on any atom is -0.507 e. The average molecular weight is 310 g/mol. The Kier molecular flexibility index (Phi) is 5.59. The maximum atomic E-state index is 12.9. The molecule has 2 nitrogen and oxygen atoms in total. The van der Waals surface area contributed by atoms with Crippen molar-refractivity contribution in [3.63, 3.8) is 0 Å². The van der Waals surface area contributed by atoms with Crippen LogP contribution in [-0.2, 0) is 0 Å². The first-order chi connectivity index (χ1) is 11.0. The zero-order valence-corrected chi connectivity index (χ0v) is 14.5. The zero-order chi connectivity index (χ0) is 17.0. The Morgan fingerprint density at radius 1 is 0.957 bits per heavy atom. The highest BCUT2D eigenvalue weighted by Gasteiger charge is 2.23. The molecule has 0 saturated heterocycles. The summed E-state index contributed by atoms with van der Waals surface area (Å²) in [5.41, 5.74) is 3.01. The van der Waals surface area contributed by atoms with E-state index in [2.05, 4.69) is 27.7 Å². The summed E-state index contributed by atoms with van der Waals surface area (Å²) in [5.74, 6) is 0.697. The van der Waals surface area contributed by atoms with Crippen molar-refractivity contribution in [2.75, 3.05) is 0 Å². The Bertz CT molecular complexity index is 674. The fourth-order valence-electron chi connectivity index (χ4n) is 2.89. The number of ketones is 1. The molecule has 0 heterocycles. The minimum atomic E-state index is -0.0214. The van der Waals surface area contributed by atoms with Gasteiger partial charge in [0.2, 0.25) is 0 Å². The monoisotopic (exact) mass is 310 g/mol. The van der Waals surface area contributed by atoms with Crippen molar-refractivity contribution >= 4 is 5.78 Å². The molecule has 2 aromatic rings. The second-order valence-corrected chi connectivity index (χ2v) is 6.28. The van der Waals surface area contributed by atoms with Gasteiger partial charge in [0.25, 0.3) is 0 Å². The van der Waals surface area contributed by atoms with Gasteiger partial charge in [0.15, 0.2) is 5.78 Å². The summed E-state index contributed by atoms with van der Waals surface area (Å²) >= 11 is 0. The highest BCUT2D eigenvalue weighted by Crippen LogP contribution is 2.39. The smallest absolute Gasteiger partial charge is 0.193 e. The molecule has 2 atom stereocenters. The third-order valence-corrected chi connectivity index (χ3v) is 4.78. The molecule has 1 N–H and O–H groups in total. The fraction of sp³-hybridized carbons (Fsp3) is 0.381. The van der Waals surface area contributed by atoms with Crippen molar-refractivity contribution in [1.29, 1.82) is 0 Å². The minimum absolute atomic E-state index is 0.0214. The van der Waals surface area contributed by atoms with Crippen LogP contribution in [0.15, 0.2) is 42.5 Å². The van der Waals surface area contributed by atoms with Gasteiger partial charge in [-0.3, -0.25) is 4.79 Å². The van der Waals surface area contributed by atoms with Crippen molar-refractivity contribution in [3.8, 4) is 5.75 Å². The van der Waals surface area contributed by atoms with E-state index >= 15 is 0 Å². The molecule has 0 unspecified atom stereocenters. The molecule has 23 heavy (non-hydrogen) atoms. The first kappa shape index (κ1) is 17.3. The Morgan fingerprint density at radius 3 is 2.13 bits per heavy atom. The van der Waals surface area contributed by atoms with Gasteiger partial charge >= 0.3 is 0 Å². The van der Waals surface area contributed by atoms with Crippen LogP contribution in [0.2, 0.25) is 0 Å². The largest absolute Gasteiger partial charge is 0.507 e. The molecule has 0 saturated carbocycles. The Labute approximate surface area is 139 Å². The van der Waals surface area contributed by atoms with Gasteiger partial charge in [-0.15, -0.1) is 0 Å². The molecular formula is C21H26O2. The molecule has 2 heteroatoms. The van der Waals surface area contributed by atoms with Gasteiger partial charge in [0.05, 0.1) is 0 Å². The van der Waals surface area contributed by atoms with Crippen LogP contribution in [0.25, 0.3) is 0 Å². The van der Waals surface area contributed by atoms with Gasteiger partial charge in [-0.05, 0) is 30.2 Å². The summed E-state index contributed by atoms with van der Waals surface area (Å²) in [6, 6.07) is 13.1. The summed E-state index contributed by atoms with van der Waals surface area (Å²) in [5, 5.41) is 10.8. The molecule has 0 spiro atoms. The Hall–Kier alpha value is -2.09. The number of carbonyl (C=O) groups is 1. The number of hydrogen-bond donors (Lipinski definition) is 1. The molecule has 122 valence electrons. The lowest BCUT2D eigenvalue weighted by molar-refractivity contribution is 0.103. The zero-order valence-electron chi connectivity index (χ0n) is 14.5. The molecule has 0 aliphatic heterocycles. The normalized spacial score (nSPS) is 13.6. The highest BCUT2D eigenvalue weighted by molar-refractivity contribution is 6.10. The molecule has 0 amide bonds. The Morgan fingerprint density at radius 2 is 1.57 bits per heavy atom. The number of aromatic hydroxyl groups is 1. The summed E-state index contributed by atoms with van der Waals surface area (Å²) < 4.78 is 0. The van der Waals surface area contributed by atoms with Gasteiger partial charge in [0.1, 0.15) is 5.75 Å². The van der Waals surface area contributed by atoms with Crippen LogP contribution in [0.4, 0.5) is 0 Å². The lowest BCUT2D eigenvalue weighted by Gasteiger charge is -2.21. The molecule has 0 fully saturated rings. The van der Waals surface area contributed by atoms with Gasteiger partial charge in [-0.2, -0.15) is 0 Å². The van der Waals surface area contributed by atoms with Crippen molar-refractivity contribution in [2.24, 2.45) is 0 Å². The third-order valence-electron chi connectivity index (χ3n) is 4.78. The first-order valence-corrected chi connectivity index (χ1v) is 8.46. The summed E-state index contributed by atoms with van der Waals surface area (Å²) in [6.45, 7) is 8.36. The van der Waals surface area contributed by atoms with Crippen molar-refractivity contribution in [1.82, 2.24) is 0 Å². The topological polar surface area (TPSA) is 37.3 Å². The number of carbonyl (C=O) groups excluding carboxylic acids is 1. The molecule has 0 aliphatic carbocycles. The number of phenolic OH excluding ortho intramolecular Hbond substituents is 1. The second kappa shape index (κ2) is 7.45. The SMILES string of the molecule is CC[C@H](C)c1ccc(C(=O)c2ccccc2)c([C@@H](C)CC)c1O. The van der Waals surface area contributed by atoms with E-state index < -0.39 is 0 Å². The van der Waals surface area contributed by atoms with Gasteiger partial charge in [-0.25, -0.2) is 0 Å². The van der Waals surface area contributed by atoms with E-state index in [-0.39, 0.29) is 17.6 Å². The Balaban J connectivity index is 2.60. The van der Waals surface area contributed by atoms with Crippen LogP contribution >= 0.6 is 0 Å². The fourth-order valence-corrected chi connectivity index (χ4v) is 2.89. The van der Waals surface area contributed by atoms with E-state index in [0.717, 1.165) is 24.0 Å². The first-order valence-electron chi connectivity index (χ1n) is 8.46. The molecule has 0 aromatic heterocycles. The maximum Gasteiger partial charge on any atom is 0.193 e. The van der Waals surface area contributed by atoms with E-state index in [1.54, 1.807) is 0 Å². The number of rotatable bonds is 6. The maximum absolute atomic E-state index is 12.9. The molecule has 2 aromatic carbocycles. The molecule has 0 aliphatic rings.